The molecule has 0 fully saturated rings. The van der Waals surface area contributed by atoms with E-state index in [1.807, 2.05) is 30.3 Å². The van der Waals surface area contributed by atoms with Gasteiger partial charge >= 0.3 is 0 Å². The minimum atomic E-state index is -1.16. The normalized spacial score (nSPS) is 8.71. The van der Waals surface area contributed by atoms with Crippen molar-refractivity contribution in [2.24, 2.45) is 0 Å². The van der Waals surface area contributed by atoms with Crippen LogP contribution in [-0.2, 0) is 19.5 Å². The maximum absolute atomic E-state index is 12.0. The molecule has 0 aromatic heterocycles. The van der Waals surface area contributed by atoms with Crippen molar-refractivity contribution in [2.45, 2.75) is 4.90 Å². The van der Waals surface area contributed by atoms with Crippen LogP contribution >= 0.6 is 12.6 Å². The van der Waals surface area contributed by atoms with Crippen LogP contribution in [-0.4, -0.2) is 0 Å². The van der Waals surface area contributed by atoms with Crippen molar-refractivity contribution in [1.82, 2.24) is 0 Å². The van der Waals surface area contributed by atoms with Crippen LogP contribution in [0.15, 0.2) is 53.4 Å². The zero-order valence-corrected chi connectivity index (χ0v) is 12.8. The first-order chi connectivity index (χ1) is 7.59. The summed E-state index contributed by atoms with van der Waals surface area (Å²) in [5.41, 5.74) is 0. The monoisotopic (exact) mass is 306 g/mol. The maximum Gasteiger partial charge on any atom is 0.161 e. The SMILES string of the molecule is Fc1ccc(F)c(F)c1.Sc1ccccc1.[Zn]. The van der Waals surface area contributed by atoms with E-state index in [1.54, 1.807) is 0 Å². The third-order valence-corrected chi connectivity index (χ3v) is 1.94. The molecule has 2 rings (SSSR count). The van der Waals surface area contributed by atoms with E-state index in [4.69, 9.17) is 0 Å². The molecule has 0 N–H and O–H groups in total. The van der Waals surface area contributed by atoms with Gasteiger partial charge < -0.3 is 0 Å². The summed E-state index contributed by atoms with van der Waals surface area (Å²) in [6.45, 7) is 0. The molecule has 0 atom stereocenters. The van der Waals surface area contributed by atoms with E-state index in [0.29, 0.717) is 6.07 Å². The minimum absolute atomic E-state index is 0. The Bertz CT molecular complexity index is 449. The molecule has 2 aromatic carbocycles. The smallest absolute Gasteiger partial charge is 0.161 e. The second-order valence-corrected chi connectivity index (χ2v) is 3.41. The zero-order valence-electron chi connectivity index (χ0n) is 8.91. The number of hydrogen-bond donors (Lipinski definition) is 1. The molecule has 2 aromatic rings. The molecular formula is C12H9F3SZn. The van der Waals surface area contributed by atoms with Gasteiger partial charge in [-0.3, -0.25) is 0 Å². The van der Waals surface area contributed by atoms with E-state index in [9.17, 15) is 13.2 Å². The fourth-order valence-corrected chi connectivity index (χ4v) is 1.07. The van der Waals surface area contributed by atoms with Gasteiger partial charge in [-0.05, 0) is 24.3 Å². The van der Waals surface area contributed by atoms with Gasteiger partial charge in [0.15, 0.2) is 11.6 Å². The molecular weight excluding hydrogens is 299 g/mol. The van der Waals surface area contributed by atoms with Crippen LogP contribution in [0.4, 0.5) is 13.2 Å². The molecule has 0 saturated heterocycles. The molecule has 0 radical (unpaired) electrons. The zero-order chi connectivity index (χ0) is 12.0. The quantitative estimate of drug-likeness (QED) is 0.423. The molecule has 0 heterocycles. The van der Waals surface area contributed by atoms with E-state index in [-0.39, 0.29) is 19.5 Å². The Morgan fingerprint density at radius 1 is 0.765 bits per heavy atom. The summed E-state index contributed by atoms with van der Waals surface area (Å²) >= 11 is 4.08. The van der Waals surface area contributed by atoms with E-state index in [0.717, 1.165) is 17.0 Å². The van der Waals surface area contributed by atoms with Crippen LogP contribution in [0.25, 0.3) is 0 Å². The van der Waals surface area contributed by atoms with Crippen LogP contribution in [0, 0.1) is 17.5 Å². The third kappa shape index (κ3) is 6.49. The van der Waals surface area contributed by atoms with Crippen LogP contribution in [0.1, 0.15) is 0 Å². The summed E-state index contributed by atoms with van der Waals surface area (Å²) in [7, 11) is 0. The standard InChI is InChI=1S/C6H3F3.C6H6S.Zn/c7-4-1-2-5(8)6(9)3-4;7-6-4-2-1-3-5-6;/h1-3H;1-5,7H;. The molecule has 0 spiro atoms. The summed E-state index contributed by atoms with van der Waals surface area (Å²) in [6, 6.07) is 11.9. The Labute approximate surface area is 116 Å². The van der Waals surface area contributed by atoms with Gasteiger partial charge in [0.2, 0.25) is 0 Å². The molecule has 0 amide bonds. The van der Waals surface area contributed by atoms with Gasteiger partial charge in [-0.2, -0.15) is 0 Å². The molecule has 0 unspecified atom stereocenters. The van der Waals surface area contributed by atoms with Gasteiger partial charge in [0, 0.05) is 30.4 Å². The molecule has 86 valence electrons. The van der Waals surface area contributed by atoms with Crippen LogP contribution in [0.5, 0.6) is 0 Å². The minimum Gasteiger partial charge on any atom is -0.207 e. The average molecular weight is 308 g/mol. The van der Waals surface area contributed by atoms with Crippen molar-refractivity contribution in [3.8, 4) is 0 Å². The molecule has 0 aliphatic rings. The van der Waals surface area contributed by atoms with Gasteiger partial charge in [-0.15, -0.1) is 12.6 Å². The second-order valence-electron chi connectivity index (χ2n) is 2.89. The summed E-state index contributed by atoms with van der Waals surface area (Å²) in [5.74, 6) is -2.96. The number of halogens is 3. The van der Waals surface area contributed by atoms with Crippen molar-refractivity contribution in [2.75, 3.05) is 0 Å². The van der Waals surface area contributed by atoms with E-state index < -0.39 is 17.5 Å². The van der Waals surface area contributed by atoms with Crippen molar-refractivity contribution in [3.63, 3.8) is 0 Å². The van der Waals surface area contributed by atoms with Crippen LogP contribution in [0.3, 0.4) is 0 Å². The Balaban J connectivity index is 0.000000292. The number of hydrogen-bond acceptors (Lipinski definition) is 1. The Morgan fingerprint density at radius 3 is 1.71 bits per heavy atom. The molecule has 0 nitrogen and oxygen atoms in total. The van der Waals surface area contributed by atoms with Crippen LogP contribution < -0.4 is 0 Å². The molecule has 0 aliphatic carbocycles. The molecule has 0 bridgehead atoms. The van der Waals surface area contributed by atoms with Crippen molar-refractivity contribution >= 4 is 12.6 Å². The average Bonchev–Trinajstić information content (AvgIpc) is 2.26. The van der Waals surface area contributed by atoms with E-state index in [1.165, 1.54) is 0 Å². The first kappa shape index (κ1) is 16.2. The number of thiol groups is 1. The van der Waals surface area contributed by atoms with Crippen molar-refractivity contribution in [1.29, 1.82) is 0 Å². The fourth-order valence-electron chi connectivity index (χ4n) is 0.898. The Morgan fingerprint density at radius 2 is 1.35 bits per heavy atom. The maximum atomic E-state index is 12.0. The first-order valence-corrected chi connectivity index (χ1v) is 4.89. The van der Waals surface area contributed by atoms with E-state index in [2.05, 4.69) is 12.6 Å². The molecule has 0 saturated carbocycles. The molecule has 17 heavy (non-hydrogen) atoms. The number of benzene rings is 2. The topological polar surface area (TPSA) is 0 Å². The fraction of sp³-hybridized carbons (Fsp3) is 0. The second kappa shape index (κ2) is 8.32. The van der Waals surface area contributed by atoms with Gasteiger partial charge in [-0.25, -0.2) is 13.2 Å². The third-order valence-electron chi connectivity index (χ3n) is 1.64. The molecule has 0 aliphatic heterocycles. The predicted molar refractivity (Wildman–Crippen MR) is 60.0 cm³/mol. The summed E-state index contributed by atoms with van der Waals surface area (Å²) < 4.78 is 35.9. The van der Waals surface area contributed by atoms with Crippen molar-refractivity contribution < 1.29 is 32.6 Å². The summed E-state index contributed by atoms with van der Waals surface area (Å²) in [4.78, 5) is 1.02. The first-order valence-electron chi connectivity index (χ1n) is 4.44. The summed E-state index contributed by atoms with van der Waals surface area (Å²) in [6.07, 6.45) is 0. The molecule has 5 heteroatoms. The Hall–Kier alpha value is -0.797. The van der Waals surface area contributed by atoms with E-state index >= 15 is 0 Å². The van der Waals surface area contributed by atoms with Gasteiger partial charge in [0.05, 0.1) is 0 Å². The van der Waals surface area contributed by atoms with Gasteiger partial charge in [0.25, 0.3) is 0 Å². The van der Waals surface area contributed by atoms with Crippen molar-refractivity contribution in [3.05, 3.63) is 66.0 Å². The van der Waals surface area contributed by atoms with Gasteiger partial charge in [-0.1, -0.05) is 18.2 Å². The summed E-state index contributed by atoms with van der Waals surface area (Å²) in [5, 5.41) is 0. The predicted octanol–water partition coefficient (Wildman–Crippen LogP) is 4.08. The van der Waals surface area contributed by atoms with Crippen LogP contribution in [0.2, 0.25) is 0 Å². The Kier molecular flexibility index (Phi) is 7.93. The number of rotatable bonds is 0. The van der Waals surface area contributed by atoms with Gasteiger partial charge in [0.1, 0.15) is 5.82 Å². The largest absolute Gasteiger partial charge is 0.207 e.